The zero-order chi connectivity index (χ0) is 13.4. The Morgan fingerprint density at radius 3 is 2.25 bits per heavy atom. The molecule has 0 saturated carbocycles. The lowest BCUT2D eigenvalue weighted by atomic mass is 10.2. The van der Waals surface area contributed by atoms with E-state index < -0.39 is 0 Å². The summed E-state index contributed by atoms with van der Waals surface area (Å²) in [5.41, 5.74) is 6.56. The number of nitrogens with two attached hydrogens (primary N) is 1. The Labute approximate surface area is 134 Å². The minimum atomic E-state index is 0. The second-order valence-electron chi connectivity index (χ2n) is 4.46. The number of halogens is 2. The molecule has 1 aromatic rings. The number of anilines is 1. The molecule has 0 bridgehead atoms. The van der Waals surface area contributed by atoms with E-state index in [1.54, 1.807) is 4.90 Å². The second-order valence-corrected chi connectivity index (χ2v) is 4.46. The van der Waals surface area contributed by atoms with Gasteiger partial charge in [0.2, 0.25) is 5.91 Å². The third-order valence-corrected chi connectivity index (χ3v) is 2.99. The van der Waals surface area contributed by atoms with Crippen molar-refractivity contribution in [1.82, 2.24) is 4.90 Å². The van der Waals surface area contributed by atoms with Crippen molar-refractivity contribution < 1.29 is 4.79 Å². The van der Waals surface area contributed by atoms with Crippen LogP contribution in [0, 0.1) is 0 Å². The first-order chi connectivity index (χ1) is 8.65. The summed E-state index contributed by atoms with van der Waals surface area (Å²) in [6, 6.07) is 10.2. The Hall–Kier alpha value is -0.970. The highest BCUT2D eigenvalue weighted by Crippen LogP contribution is 2.10. The predicted molar refractivity (Wildman–Crippen MR) is 90.1 cm³/mol. The third kappa shape index (κ3) is 7.58. The molecule has 1 amide bonds. The lowest BCUT2D eigenvalue weighted by molar-refractivity contribution is -0.129. The Morgan fingerprint density at radius 2 is 1.70 bits per heavy atom. The number of carbonyl (C=O) groups excluding carboxylic acids is 1. The average molecular weight is 322 g/mol. The Kier molecular flexibility index (Phi) is 12.6. The van der Waals surface area contributed by atoms with Crippen LogP contribution in [-0.2, 0) is 4.79 Å². The monoisotopic (exact) mass is 321 g/mol. The molecule has 6 heteroatoms. The first kappa shape index (κ1) is 21.3. The number of carbonyl (C=O) groups is 1. The van der Waals surface area contributed by atoms with Crippen LogP contribution in [-0.4, -0.2) is 44.5 Å². The first-order valence-electron chi connectivity index (χ1n) is 6.35. The molecule has 1 aromatic carbocycles. The maximum absolute atomic E-state index is 11.7. The quantitative estimate of drug-likeness (QED) is 0.837. The fraction of sp³-hybridized carbons (Fsp3) is 0.500. The van der Waals surface area contributed by atoms with E-state index in [-0.39, 0.29) is 30.7 Å². The molecule has 0 saturated heterocycles. The van der Waals surface area contributed by atoms with Crippen molar-refractivity contribution >= 4 is 36.4 Å². The summed E-state index contributed by atoms with van der Waals surface area (Å²) < 4.78 is 0. The molecule has 0 aliphatic rings. The third-order valence-electron chi connectivity index (χ3n) is 2.99. The van der Waals surface area contributed by atoms with E-state index in [0.29, 0.717) is 13.0 Å². The molecule has 0 spiro atoms. The molecule has 0 heterocycles. The van der Waals surface area contributed by atoms with Crippen LogP contribution in [0.25, 0.3) is 0 Å². The molecule has 0 radical (unpaired) electrons. The van der Waals surface area contributed by atoms with E-state index in [1.807, 2.05) is 32.3 Å². The van der Waals surface area contributed by atoms with Gasteiger partial charge in [-0.15, -0.1) is 24.8 Å². The molecule has 0 fully saturated rings. The molecular formula is C14H25Cl2N3O. The van der Waals surface area contributed by atoms with Crippen LogP contribution in [0.4, 0.5) is 5.69 Å². The zero-order valence-corrected chi connectivity index (χ0v) is 13.8. The standard InChI is InChI=1S/C14H23N3O.2ClH/c1-16(13-7-4-3-5-8-13)11-12-17(2)14(18)9-6-10-15;;/h3-5,7-8H,6,9-12,15H2,1-2H3;2*1H. The van der Waals surface area contributed by atoms with Gasteiger partial charge in [-0.25, -0.2) is 0 Å². The number of hydrogen-bond acceptors (Lipinski definition) is 3. The van der Waals surface area contributed by atoms with Crippen LogP contribution in [0.5, 0.6) is 0 Å². The summed E-state index contributed by atoms with van der Waals surface area (Å²) in [5, 5.41) is 0. The molecule has 20 heavy (non-hydrogen) atoms. The highest BCUT2D eigenvalue weighted by atomic mass is 35.5. The molecule has 0 aromatic heterocycles. The van der Waals surface area contributed by atoms with Gasteiger partial charge in [-0.05, 0) is 25.1 Å². The normalized spacial score (nSPS) is 9.15. The summed E-state index contributed by atoms with van der Waals surface area (Å²) >= 11 is 0. The van der Waals surface area contributed by atoms with Crippen LogP contribution in [0.15, 0.2) is 30.3 Å². The first-order valence-corrected chi connectivity index (χ1v) is 6.35. The van der Waals surface area contributed by atoms with E-state index in [1.165, 1.54) is 5.69 Å². The molecule has 1 rings (SSSR count). The molecule has 0 unspecified atom stereocenters. The number of amides is 1. The van der Waals surface area contributed by atoms with E-state index in [2.05, 4.69) is 17.0 Å². The van der Waals surface area contributed by atoms with Gasteiger partial charge in [-0.1, -0.05) is 18.2 Å². The van der Waals surface area contributed by atoms with Gasteiger partial charge < -0.3 is 15.5 Å². The highest BCUT2D eigenvalue weighted by Gasteiger charge is 2.08. The van der Waals surface area contributed by atoms with Gasteiger partial charge in [-0.3, -0.25) is 4.79 Å². The summed E-state index contributed by atoms with van der Waals surface area (Å²) in [5.74, 6) is 0.168. The number of hydrogen-bond donors (Lipinski definition) is 1. The average Bonchev–Trinajstić information content (AvgIpc) is 2.42. The van der Waals surface area contributed by atoms with Crippen molar-refractivity contribution in [2.24, 2.45) is 5.73 Å². The molecule has 2 N–H and O–H groups in total. The fourth-order valence-electron chi connectivity index (χ4n) is 1.68. The zero-order valence-electron chi connectivity index (χ0n) is 12.1. The Bertz CT molecular complexity index is 363. The maximum atomic E-state index is 11.7. The highest BCUT2D eigenvalue weighted by molar-refractivity contribution is 5.85. The molecule has 116 valence electrons. The largest absolute Gasteiger partial charge is 0.373 e. The molecule has 4 nitrogen and oxygen atoms in total. The maximum Gasteiger partial charge on any atom is 0.222 e. The van der Waals surface area contributed by atoms with E-state index in [0.717, 1.165) is 19.5 Å². The van der Waals surface area contributed by atoms with Gasteiger partial charge in [-0.2, -0.15) is 0 Å². The van der Waals surface area contributed by atoms with Crippen LogP contribution in [0.2, 0.25) is 0 Å². The number of para-hydroxylation sites is 1. The summed E-state index contributed by atoms with van der Waals surface area (Å²) in [4.78, 5) is 15.6. The van der Waals surface area contributed by atoms with Crippen LogP contribution >= 0.6 is 24.8 Å². The summed E-state index contributed by atoms with van der Waals surface area (Å²) in [7, 11) is 3.88. The van der Waals surface area contributed by atoms with Crippen molar-refractivity contribution in [1.29, 1.82) is 0 Å². The number of rotatable bonds is 7. The summed E-state index contributed by atoms with van der Waals surface area (Å²) in [6.07, 6.45) is 1.31. The summed E-state index contributed by atoms with van der Waals surface area (Å²) in [6.45, 7) is 2.13. The number of benzene rings is 1. The van der Waals surface area contributed by atoms with Crippen LogP contribution < -0.4 is 10.6 Å². The van der Waals surface area contributed by atoms with Crippen molar-refractivity contribution in [3.8, 4) is 0 Å². The lowest BCUT2D eigenvalue weighted by Gasteiger charge is -2.23. The van der Waals surface area contributed by atoms with Crippen molar-refractivity contribution in [2.75, 3.05) is 38.6 Å². The fourth-order valence-corrected chi connectivity index (χ4v) is 1.68. The number of nitrogens with zero attached hydrogens (tertiary/aromatic N) is 2. The molecule has 0 aliphatic carbocycles. The topological polar surface area (TPSA) is 49.6 Å². The number of likely N-dealkylation sites (N-methyl/N-ethyl adjacent to an activating group) is 2. The van der Waals surface area contributed by atoms with E-state index in [4.69, 9.17) is 5.73 Å². The minimum Gasteiger partial charge on any atom is -0.373 e. The SMILES string of the molecule is CN(CCN(C)c1ccccc1)C(=O)CCCN.Cl.Cl. The lowest BCUT2D eigenvalue weighted by Crippen LogP contribution is -2.34. The predicted octanol–water partition coefficient (Wildman–Crippen LogP) is 2.16. The second kappa shape index (κ2) is 11.8. The van der Waals surface area contributed by atoms with Gasteiger partial charge in [0.05, 0.1) is 0 Å². The Balaban J connectivity index is 0. The molecular weight excluding hydrogens is 297 g/mol. The van der Waals surface area contributed by atoms with Gasteiger partial charge in [0.25, 0.3) is 0 Å². The van der Waals surface area contributed by atoms with Crippen LogP contribution in [0.3, 0.4) is 0 Å². The van der Waals surface area contributed by atoms with Crippen LogP contribution in [0.1, 0.15) is 12.8 Å². The van der Waals surface area contributed by atoms with Gasteiger partial charge in [0, 0.05) is 39.3 Å². The van der Waals surface area contributed by atoms with Crippen molar-refractivity contribution in [3.05, 3.63) is 30.3 Å². The molecule has 0 aliphatic heterocycles. The smallest absolute Gasteiger partial charge is 0.222 e. The Morgan fingerprint density at radius 1 is 1.10 bits per heavy atom. The van der Waals surface area contributed by atoms with Gasteiger partial charge in [0.15, 0.2) is 0 Å². The molecule has 0 atom stereocenters. The van der Waals surface area contributed by atoms with Crippen molar-refractivity contribution in [3.63, 3.8) is 0 Å². The van der Waals surface area contributed by atoms with Gasteiger partial charge >= 0.3 is 0 Å². The van der Waals surface area contributed by atoms with Gasteiger partial charge in [0.1, 0.15) is 0 Å². The van der Waals surface area contributed by atoms with Crippen molar-refractivity contribution in [2.45, 2.75) is 12.8 Å². The van der Waals surface area contributed by atoms with E-state index >= 15 is 0 Å². The van der Waals surface area contributed by atoms with E-state index in [9.17, 15) is 4.79 Å². The minimum absolute atomic E-state index is 0.